The summed E-state index contributed by atoms with van der Waals surface area (Å²) < 4.78 is 5.39. The van der Waals surface area contributed by atoms with Gasteiger partial charge >= 0.3 is 0 Å². The highest BCUT2D eigenvalue weighted by Crippen LogP contribution is 2.39. The number of carbonyl (C=O) groups is 2. The van der Waals surface area contributed by atoms with E-state index in [2.05, 4.69) is 0 Å². The molecule has 0 aliphatic carbocycles. The molecule has 1 amide bonds. The summed E-state index contributed by atoms with van der Waals surface area (Å²) in [6.07, 6.45) is 0. The highest BCUT2D eigenvalue weighted by Gasteiger charge is 2.45. The number of Topliss-reactive ketones (excluding diaryl/α,β-unsaturated/α-hetero) is 1. The minimum Gasteiger partial charge on any atom is -0.507 e. The van der Waals surface area contributed by atoms with Gasteiger partial charge in [0.1, 0.15) is 11.5 Å². The predicted octanol–water partition coefficient (Wildman–Crippen LogP) is 3.15. The lowest BCUT2D eigenvalue weighted by Crippen LogP contribution is -2.32. The van der Waals surface area contributed by atoms with Crippen LogP contribution in [0.5, 0.6) is 5.75 Å². The molecule has 7 heteroatoms. The molecule has 1 fully saturated rings. The first-order valence-corrected chi connectivity index (χ1v) is 9.23. The number of β-amino-alcohol motifs (C(OH)–C–C–N with tert-alkyl or cyclic N) is 1. The van der Waals surface area contributed by atoms with Crippen LogP contribution in [0.1, 0.15) is 24.1 Å². The number of halogens is 1. The van der Waals surface area contributed by atoms with Gasteiger partial charge in [-0.1, -0.05) is 23.7 Å². The van der Waals surface area contributed by atoms with Crippen molar-refractivity contribution < 1.29 is 24.5 Å². The van der Waals surface area contributed by atoms with E-state index < -0.39 is 17.7 Å². The van der Waals surface area contributed by atoms with Gasteiger partial charge in [-0.05, 0) is 48.9 Å². The number of ether oxygens (including phenoxy) is 1. The summed E-state index contributed by atoms with van der Waals surface area (Å²) in [6.45, 7) is 2.04. The molecule has 3 rings (SSSR count). The van der Waals surface area contributed by atoms with Crippen LogP contribution in [0.25, 0.3) is 5.76 Å². The van der Waals surface area contributed by atoms with Crippen LogP contribution in [0.4, 0.5) is 0 Å². The first-order valence-electron chi connectivity index (χ1n) is 8.86. The average Bonchev–Trinajstić information content (AvgIpc) is 2.94. The maximum absolute atomic E-state index is 12.7. The second-order valence-electron chi connectivity index (χ2n) is 6.23. The number of nitrogens with zero attached hydrogens (tertiary/aromatic N) is 1. The Hall–Kier alpha value is -2.83. The fraction of sp³-hybridized carbons (Fsp3) is 0.238. The van der Waals surface area contributed by atoms with Crippen LogP contribution in [0, 0.1) is 0 Å². The summed E-state index contributed by atoms with van der Waals surface area (Å²) in [6, 6.07) is 12.5. The maximum Gasteiger partial charge on any atom is 0.295 e. The summed E-state index contributed by atoms with van der Waals surface area (Å²) >= 11 is 5.95. The Morgan fingerprint density at radius 1 is 1.11 bits per heavy atom. The van der Waals surface area contributed by atoms with Crippen molar-refractivity contribution in [2.24, 2.45) is 0 Å². The fourth-order valence-corrected chi connectivity index (χ4v) is 3.37. The smallest absolute Gasteiger partial charge is 0.295 e. The number of aliphatic hydroxyl groups excluding tert-OH is 2. The SMILES string of the molecule is CCOc1ccc(C(O)=C2C(=O)C(=O)N(CCO)C2c2ccc(Cl)cc2)cc1. The lowest BCUT2D eigenvalue weighted by Gasteiger charge is -2.24. The van der Waals surface area contributed by atoms with Crippen LogP contribution in [0.2, 0.25) is 5.02 Å². The van der Waals surface area contributed by atoms with Gasteiger partial charge in [-0.2, -0.15) is 0 Å². The molecule has 2 aromatic carbocycles. The van der Waals surface area contributed by atoms with Crippen LogP contribution in [0.3, 0.4) is 0 Å². The van der Waals surface area contributed by atoms with Gasteiger partial charge in [0.25, 0.3) is 11.7 Å². The van der Waals surface area contributed by atoms with E-state index in [0.717, 1.165) is 0 Å². The molecule has 0 bridgehead atoms. The summed E-state index contributed by atoms with van der Waals surface area (Å²) in [5.74, 6) is -1.20. The monoisotopic (exact) mass is 401 g/mol. The van der Waals surface area contributed by atoms with Crippen molar-refractivity contribution in [3.63, 3.8) is 0 Å². The first-order chi connectivity index (χ1) is 13.5. The van der Waals surface area contributed by atoms with Crippen molar-refractivity contribution in [2.45, 2.75) is 13.0 Å². The summed E-state index contributed by atoms with van der Waals surface area (Å²) in [5.41, 5.74) is 0.985. The Bertz CT molecular complexity index is 905. The highest BCUT2D eigenvalue weighted by atomic mass is 35.5. The van der Waals surface area contributed by atoms with Crippen molar-refractivity contribution in [3.05, 3.63) is 70.3 Å². The second kappa shape index (κ2) is 8.46. The zero-order valence-corrected chi connectivity index (χ0v) is 16.0. The van der Waals surface area contributed by atoms with Crippen LogP contribution in [-0.4, -0.2) is 46.6 Å². The van der Waals surface area contributed by atoms with E-state index in [0.29, 0.717) is 28.5 Å². The normalized spacial score (nSPS) is 18.5. The zero-order chi connectivity index (χ0) is 20.3. The summed E-state index contributed by atoms with van der Waals surface area (Å²) in [7, 11) is 0. The number of amides is 1. The molecular formula is C21H20ClNO5. The standard InChI is InChI=1S/C21H20ClNO5/c1-2-28-16-9-5-14(6-10-16)19(25)17-18(13-3-7-15(22)8-4-13)23(11-12-24)21(27)20(17)26/h3-10,18,24-25H,2,11-12H2,1H3. The predicted molar refractivity (Wildman–Crippen MR) is 105 cm³/mol. The van der Waals surface area contributed by atoms with E-state index in [9.17, 15) is 19.8 Å². The lowest BCUT2D eigenvalue weighted by molar-refractivity contribution is -0.140. The van der Waals surface area contributed by atoms with Crippen molar-refractivity contribution in [1.82, 2.24) is 4.90 Å². The number of likely N-dealkylation sites (tertiary alicyclic amines) is 1. The quantitative estimate of drug-likeness (QED) is 0.441. The van der Waals surface area contributed by atoms with Gasteiger partial charge < -0.3 is 19.8 Å². The summed E-state index contributed by atoms with van der Waals surface area (Å²) in [5, 5.41) is 20.7. The highest BCUT2D eigenvalue weighted by molar-refractivity contribution is 6.46. The van der Waals surface area contributed by atoms with Gasteiger partial charge in [-0.15, -0.1) is 0 Å². The molecule has 1 heterocycles. The van der Waals surface area contributed by atoms with E-state index in [1.807, 2.05) is 6.92 Å². The number of benzene rings is 2. The molecule has 1 saturated heterocycles. The third-order valence-electron chi connectivity index (χ3n) is 4.51. The Balaban J connectivity index is 2.10. The van der Waals surface area contributed by atoms with Crippen LogP contribution < -0.4 is 4.74 Å². The van der Waals surface area contributed by atoms with Crippen molar-refractivity contribution in [2.75, 3.05) is 19.8 Å². The third-order valence-corrected chi connectivity index (χ3v) is 4.76. The van der Waals surface area contributed by atoms with Crippen LogP contribution >= 0.6 is 11.6 Å². The number of rotatable bonds is 6. The summed E-state index contributed by atoms with van der Waals surface area (Å²) in [4.78, 5) is 26.4. The Labute approximate surface area is 167 Å². The van der Waals surface area contributed by atoms with Crippen molar-refractivity contribution in [3.8, 4) is 5.75 Å². The third kappa shape index (κ3) is 3.74. The van der Waals surface area contributed by atoms with Gasteiger partial charge in [0, 0.05) is 17.1 Å². The number of hydrogen-bond donors (Lipinski definition) is 2. The molecule has 1 aliphatic rings. The number of carbonyl (C=O) groups excluding carboxylic acids is 2. The lowest BCUT2D eigenvalue weighted by atomic mass is 9.95. The minimum atomic E-state index is -0.809. The molecule has 28 heavy (non-hydrogen) atoms. The Kier molecular flexibility index (Phi) is 6.02. The van der Waals surface area contributed by atoms with E-state index in [1.165, 1.54) is 4.90 Å². The molecule has 1 atom stereocenters. The Morgan fingerprint density at radius 3 is 2.32 bits per heavy atom. The zero-order valence-electron chi connectivity index (χ0n) is 15.3. The van der Waals surface area contributed by atoms with E-state index in [-0.39, 0.29) is 24.5 Å². The molecule has 146 valence electrons. The topological polar surface area (TPSA) is 87.1 Å². The van der Waals surface area contributed by atoms with E-state index in [4.69, 9.17) is 16.3 Å². The molecule has 2 N–H and O–H groups in total. The van der Waals surface area contributed by atoms with Crippen LogP contribution in [-0.2, 0) is 9.59 Å². The van der Waals surface area contributed by atoms with Gasteiger partial charge in [-0.25, -0.2) is 0 Å². The number of ketones is 1. The first kappa shape index (κ1) is 19.9. The van der Waals surface area contributed by atoms with E-state index in [1.54, 1.807) is 48.5 Å². The molecule has 0 saturated carbocycles. The molecular weight excluding hydrogens is 382 g/mol. The van der Waals surface area contributed by atoms with Gasteiger partial charge in [0.05, 0.1) is 24.8 Å². The molecule has 6 nitrogen and oxygen atoms in total. The molecule has 1 aliphatic heterocycles. The van der Waals surface area contributed by atoms with E-state index >= 15 is 0 Å². The minimum absolute atomic E-state index is 0.0232. The van der Waals surface area contributed by atoms with Gasteiger partial charge in [0.15, 0.2) is 0 Å². The number of hydrogen-bond acceptors (Lipinski definition) is 5. The van der Waals surface area contributed by atoms with Gasteiger partial charge in [0.2, 0.25) is 0 Å². The second-order valence-corrected chi connectivity index (χ2v) is 6.66. The van der Waals surface area contributed by atoms with Crippen LogP contribution in [0.15, 0.2) is 54.1 Å². The van der Waals surface area contributed by atoms with Crippen molar-refractivity contribution in [1.29, 1.82) is 0 Å². The Morgan fingerprint density at radius 2 is 1.75 bits per heavy atom. The number of aliphatic hydroxyl groups is 2. The largest absolute Gasteiger partial charge is 0.507 e. The molecule has 0 aromatic heterocycles. The molecule has 2 aromatic rings. The fourth-order valence-electron chi connectivity index (χ4n) is 3.24. The molecule has 0 spiro atoms. The molecule has 0 radical (unpaired) electrons. The van der Waals surface area contributed by atoms with Gasteiger partial charge in [-0.3, -0.25) is 9.59 Å². The molecule has 1 unspecified atom stereocenters. The maximum atomic E-state index is 12.7. The van der Waals surface area contributed by atoms with Crippen molar-refractivity contribution >= 4 is 29.1 Å². The average molecular weight is 402 g/mol.